The average Bonchev–Trinajstić information content (AvgIpc) is 2.22. The van der Waals surface area contributed by atoms with Gasteiger partial charge in [0.1, 0.15) is 6.61 Å². The van der Waals surface area contributed by atoms with Crippen LogP contribution in [0.1, 0.15) is 19.4 Å². The van der Waals surface area contributed by atoms with E-state index in [-0.39, 0.29) is 0 Å². The van der Waals surface area contributed by atoms with Crippen molar-refractivity contribution < 1.29 is 9.47 Å². The molecule has 0 saturated carbocycles. The summed E-state index contributed by atoms with van der Waals surface area (Å²) in [6.45, 7) is 8.03. The third-order valence-electron chi connectivity index (χ3n) is 2.05. The highest BCUT2D eigenvalue weighted by Gasteiger charge is 1.99. The van der Waals surface area contributed by atoms with Crippen LogP contribution < -0.4 is 10.5 Å². The van der Waals surface area contributed by atoms with Gasteiger partial charge in [0, 0.05) is 12.7 Å². The molecule has 0 atom stereocenters. The standard InChI is InChI=1S/C12H20N2O2/c1-9(2)8-15-4-5-16-12-6-10(3)11(13)7-14-12/h6-7,9H,4-5,8,13H2,1-3H3. The van der Waals surface area contributed by atoms with Crippen molar-refractivity contribution in [3.05, 3.63) is 17.8 Å². The van der Waals surface area contributed by atoms with Crippen LogP contribution in [0.3, 0.4) is 0 Å². The van der Waals surface area contributed by atoms with Gasteiger partial charge in [0.15, 0.2) is 0 Å². The zero-order valence-corrected chi connectivity index (χ0v) is 10.2. The second-order valence-electron chi connectivity index (χ2n) is 4.20. The molecule has 0 amide bonds. The van der Waals surface area contributed by atoms with Crippen molar-refractivity contribution in [2.75, 3.05) is 25.6 Å². The number of hydrogen-bond acceptors (Lipinski definition) is 4. The van der Waals surface area contributed by atoms with Gasteiger partial charge in [-0.15, -0.1) is 0 Å². The molecule has 0 aliphatic rings. The predicted octanol–water partition coefficient (Wildman–Crippen LogP) is 2.02. The van der Waals surface area contributed by atoms with Gasteiger partial charge in [0.25, 0.3) is 0 Å². The molecule has 0 aliphatic heterocycles. The molecule has 0 saturated heterocycles. The minimum Gasteiger partial charge on any atom is -0.475 e. The van der Waals surface area contributed by atoms with E-state index in [1.807, 2.05) is 13.0 Å². The van der Waals surface area contributed by atoms with Crippen molar-refractivity contribution in [1.29, 1.82) is 0 Å². The quantitative estimate of drug-likeness (QED) is 0.751. The third-order valence-corrected chi connectivity index (χ3v) is 2.05. The largest absolute Gasteiger partial charge is 0.475 e. The van der Waals surface area contributed by atoms with Crippen molar-refractivity contribution in [2.24, 2.45) is 5.92 Å². The lowest BCUT2D eigenvalue weighted by atomic mass is 10.2. The molecule has 0 aliphatic carbocycles. The van der Waals surface area contributed by atoms with Gasteiger partial charge in [-0.1, -0.05) is 13.8 Å². The second-order valence-corrected chi connectivity index (χ2v) is 4.20. The Morgan fingerprint density at radius 3 is 2.75 bits per heavy atom. The summed E-state index contributed by atoms with van der Waals surface area (Å²) < 4.78 is 10.8. The fourth-order valence-corrected chi connectivity index (χ4v) is 1.14. The zero-order valence-electron chi connectivity index (χ0n) is 10.2. The first-order valence-electron chi connectivity index (χ1n) is 5.52. The van der Waals surface area contributed by atoms with Gasteiger partial charge in [-0.25, -0.2) is 4.98 Å². The van der Waals surface area contributed by atoms with Crippen LogP contribution in [0.25, 0.3) is 0 Å². The molecule has 0 spiro atoms. The van der Waals surface area contributed by atoms with Gasteiger partial charge in [-0.05, 0) is 18.4 Å². The Labute approximate surface area is 96.8 Å². The molecule has 1 rings (SSSR count). The summed E-state index contributed by atoms with van der Waals surface area (Å²) in [5, 5.41) is 0. The van der Waals surface area contributed by atoms with E-state index in [0.29, 0.717) is 30.7 Å². The SMILES string of the molecule is Cc1cc(OCCOCC(C)C)ncc1N. The van der Waals surface area contributed by atoms with Gasteiger partial charge in [0.05, 0.1) is 18.5 Å². The Kier molecular flexibility index (Phi) is 5.05. The van der Waals surface area contributed by atoms with Gasteiger partial charge in [0.2, 0.25) is 5.88 Å². The number of nitrogens with zero attached hydrogens (tertiary/aromatic N) is 1. The number of nitrogens with two attached hydrogens (primary N) is 1. The summed E-state index contributed by atoms with van der Waals surface area (Å²) in [6.07, 6.45) is 1.61. The third kappa shape index (κ3) is 4.49. The predicted molar refractivity (Wildman–Crippen MR) is 64.5 cm³/mol. The number of anilines is 1. The zero-order chi connectivity index (χ0) is 12.0. The van der Waals surface area contributed by atoms with E-state index in [1.54, 1.807) is 6.20 Å². The molecule has 0 unspecified atom stereocenters. The lowest BCUT2D eigenvalue weighted by Crippen LogP contribution is -2.10. The molecule has 4 nitrogen and oxygen atoms in total. The molecular formula is C12H20N2O2. The average molecular weight is 224 g/mol. The molecule has 0 fully saturated rings. The van der Waals surface area contributed by atoms with E-state index in [2.05, 4.69) is 18.8 Å². The first-order chi connectivity index (χ1) is 7.59. The summed E-state index contributed by atoms with van der Waals surface area (Å²) in [5.41, 5.74) is 7.32. The monoisotopic (exact) mass is 224 g/mol. The number of nitrogen functional groups attached to an aromatic ring is 1. The highest BCUT2D eigenvalue weighted by Crippen LogP contribution is 2.14. The van der Waals surface area contributed by atoms with E-state index in [0.717, 1.165) is 12.2 Å². The molecule has 1 aromatic heterocycles. The topological polar surface area (TPSA) is 57.4 Å². The number of rotatable bonds is 6. The summed E-state index contributed by atoms with van der Waals surface area (Å²) in [6, 6.07) is 1.83. The van der Waals surface area contributed by atoms with Crippen LogP contribution in [0.15, 0.2) is 12.3 Å². The maximum absolute atomic E-state index is 5.66. The van der Waals surface area contributed by atoms with E-state index >= 15 is 0 Å². The minimum atomic E-state index is 0.517. The molecule has 4 heteroatoms. The van der Waals surface area contributed by atoms with E-state index in [1.165, 1.54) is 0 Å². The molecule has 1 heterocycles. The molecule has 1 aromatic rings. The summed E-state index contributed by atoms with van der Waals surface area (Å²) in [5.74, 6) is 1.15. The molecular weight excluding hydrogens is 204 g/mol. The fraction of sp³-hybridized carbons (Fsp3) is 0.583. The maximum atomic E-state index is 5.66. The molecule has 0 radical (unpaired) electrons. The van der Waals surface area contributed by atoms with E-state index in [9.17, 15) is 0 Å². The van der Waals surface area contributed by atoms with E-state index in [4.69, 9.17) is 15.2 Å². The van der Waals surface area contributed by atoms with E-state index < -0.39 is 0 Å². The van der Waals surface area contributed by atoms with Crippen LogP contribution in [0.4, 0.5) is 5.69 Å². The lowest BCUT2D eigenvalue weighted by Gasteiger charge is -2.08. The number of aromatic nitrogens is 1. The molecule has 2 N–H and O–H groups in total. The Balaban J connectivity index is 2.24. The van der Waals surface area contributed by atoms with Crippen LogP contribution in [0, 0.1) is 12.8 Å². The molecule has 16 heavy (non-hydrogen) atoms. The normalized spacial score (nSPS) is 10.8. The van der Waals surface area contributed by atoms with Crippen LogP contribution in [0.2, 0.25) is 0 Å². The van der Waals surface area contributed by atoms with Crippen LogP contribution in [-0.4, -0.2) is 24.8 Å². The Morgan fingerprint density at radius 1 is 1.38 bits per heavy atom. The second kappa shape index (κ2) is 6.33. The Bertz CT molecular complexity index is 327. The smallest absolute Gasteiger partial charge is 0.213 e. The van der Waals surface area contributed by atoms with Gasteiger partial charge >= 0.3 is 0 Å². The number of hydrogen-bond donors (Lipinski definition) is 1. The van der Waals surface area contributed by atoms with Gasteiger partial charge < -0.3 is 15.2 Å². The van der Waals surface area contributed by atoms with Crippen molar-refractivity contribution in [2.45, 2.75) is 20.8 Å². The van der Waals surface area contributed by atoms with Crippen molar-refractivity contribution in [3.63, 3.8) is 0 Å². The Hall–Kier alpha value is -1.29. The molecule has 90 valence electrons. The summed E-state index contributed by atoms with van der Waals surface area (Å²) >= 11 is 0. The van der Waals surface area contributed by atoms with Crippen LogP contribution in [-0.2, 0) is 4.74 Å². The molecule has 0 aromatic carbocycles. The fourth-order valence-electron chi connectivity index (χ4n) is 1.14. The van der Waals surface area contributed by atoms with Gasteiger partial charge in [-0.3, -0.25) is 0 Å². The first kappa shape index (κ1) is 12.8. The van der Waals surface area contributed by atoms with Crippen LogP contribution in [0.5, 0.6) is 5.88 Å². The summed E-state index contributed by atoms with van der Waals surface area (Å²) in [7, 11) is 0. The Morgan fingerprint density at radius 2 is 2.12 bits per heavy atom. The highest BCUT2D eigenvalue weighted by atomic mass is 16.5. The van der Waals surface area contributed by atoms with Crippen molar-refractivity contribution >= 4 is 5.69 Å². The molecule has 0 bridgehead atoms. The van der Waals surface area contributed by atoms with Gasteiger partial charge in [-0.2, -0.15) is 0 Å². The number of pyridine rings is 1. The first-order valence-corrected chi connectivity index (χ1v) is 5.52. The van der Waals surface area contributed by atoms with Crippen molar-refractivity contribution in [1.82, 2.24) is 4.98 Å². The van der Waals surface area contributed by atoms with Crippen LogP contribution >= 0.6 is 0 Å². The number of aryl methyl sites for hydroxylation is 1. The highest BCUT2D eigenvalue weighted by molar-refractivity contribution is 5.45. The summed E-state index contributed by atoms with van der Waals surface area (Å²) in [4.78, 5) is 4.07. The number of ether oxygens (including phenoxy) is 2. The minimum absolute atomic E-state index is 0.517. The lowest BCUT2D eigenvalue weighted by molar-refractivity contribution is 0.0806. The van der Waals surface area contributed by atoms with Crippen molar-refractivity contribution in [3.8, 4) is 5.88 Å². The maximum Gasteiger partial charge on any atom is 0.213 e.